The van der Waals surface area contributed by atoms with E-state index in [-0.39, 0.29) is 0 Å². The fourth-order valence-electron chi connectivity index (χ4n) is 1.30. The molecule has 0 unspecified atom stereocenters. The number of rotatable bonds is 2. The quantitative estimate of drug-likeness (QED) is 0.635. The second-order valence-corrected chi connectivity index (χ2v) is 3.37. The van der Waals surface area contributed by atoms with Gasteiger partial charge in [0.1, 0.15) is 0 Å². The second-order valence-electron chi connectivity index (χ2n) is 3.37. The lowest BCUT2D eigenvalue weighted by molar-refractivity contribution is 1.22. The summed E-state index contributed by atoms with van der Waals surface area (Å²) in [6.07, 6.45) is 0. The lowest BCUT2D eigenvalue weighted by Crippen LogP contribution is -1.68. The van der Waals surface area contributed by atoms with Crippen LogP contribution in [0.4, 0.5) is 11.4 Å². The van der Waals surface area contributed by atoms with Crippen molar-refractivity contribution in [2.24, 2.45) is 10.2 Å². The van der Waals surface area contributed by atoms with Crippen molar-refractivity contribution in [1.82, 2.24) is 0 Å². The molecule has 0 aromatic heterocycles. The van der Waals surface area contributed by atoms with Gasteiger partial charge >= 0.3 is 0 Å². The van der Waals surface area contributed by atoms with Crippen molar-refractivity contribution in [3.63, 3.8) is 0 Å². The maximum atomic E-state index is 4.16. The van der Waals surface area contributed by atoms with Crippen LogP contribution in [0, 0.1) is 6.92 Å². The number of benzene rings is 2. The molecular formula is C13H12N2. The number of nitrogens with zero attached hydrogens (tertiary/aromatic N) is 2. The molecule has 2 rings (SSSR count). The minimum absolute atomic E-state index is 0.874. The monoisotopic (exact) mass is 196 g/mol. The van der Waals surface area contributed by atoms with Gasteiger partial charge in [-0.05, 0) is 36.8 Å². The van der Waals surface area contributed by atoms with E-state index in [2.05, 4.69) is 10.2 Å². The molecule has 0 heterocycles. The van der Waals surface area contributed by atoms with Gasteiger partial charge in [0.15, 0.2) is 0 Å². The maximum absolute atomic E-state index is 4.16. The zero-order valence-corrected chi connectivity index (χ0v) is 8.59. The molecular weight excluding hydrogens is 184 g/mol. The fraction of sp³-hybridized carbons (Fsp3) is 0.0769. The third kappa shape index (κ3) is 2.74. The van der Waals surface area contributed by atoms with Gasteiger partial charge in [-0.2, -0.15) is 10.2 Å². The molecule has 2 heteroatoms. The topological polar surface area (TPSA) is 24.7 Å². The Morgan fingerprint density at radius 1 is 0.733 bits per heavy atom. The van der Waals surface area contributed by atoms with Crippen LogP contribution in [-0.4, -0.2) is 0 Å². The van der Waals surface area contributed by atoms with Crippen molar-refractivity contribution in [2.75, 3.05) is 0 Å². The van der Waals surface area contributed by atoms with E-state index in [1.807, 2.05) is 61.5 Å². The molecule has 0 aliphatic heterocycles. The third-order valence-electron chi connectivity index (χ3n) is 2.04. The summed E-state index contributed by atoms with van der Waals surface area (Å²) in [7, 11) is 0. The van der Waals surface area contributed by atoms with Gasteiger partial charge in [-0.3, -0.25) is 0 Å². The SMILES string of the molecule is Cc1cccc(/N=N/c2ccccc2)c1. The van der Waals surface area contributed by atoms with Crippen LogP contribution in [0.3, 0.4) is 0 Å². The lowest BCUT2D eigenvalue weighted by Gasteiger charge is -1.94. The molecule has 0 saturated carbocycles. The Labute approximate surface area is 89.3 Å². The summed E-state index contributed by atoms with van der Waals surface area (Å²) in [5, 5.41) is 8.30. The summed E-state index contributed by atoms with van der Waals surface area (Å²) in [5.74, 6) is 0. The van der Waals surface area contributed by atoms with Gasteiger partial charge in [0.2, 0.25) is 0 Å². The van der Waals surface area contributed by atoms with Crippen LogP contribution in [0.15, 0.2) is 64.8 Å². The van der Waals surface area contributed by atoms with Crippen molar-refractivity contribution in [3.8, 4) is 0 Å². The van der Waals surface area contributed by atoms with E-state index >= 15 is 0 Å². The van der Waals surface area contributed by atoms with Crippen LogP contribution in [0.25, 0.3) is 0 Å². The van der Waals surface area contributed by atoms with E-state index in [9.17, 15) is 0 Å². The zero-order valence-electron chi connectivity index (χ0n) is 8.59. The maximum Gasteiger partial charge on any atom is 0.0859 e. The van der Waals surface area contributed by atoms with Crippen LogP contribution in [0.5, 0.6) is 0 Å². The molecule has 0 aliphatic carbocycles. The molecule has 0 radical (unpaired) electrons. The highest BCUT2D eigenvalue weighted by Gasteiger charge is 1.89. The summed E-state index contributed by atoms with van der Waals surface area (Å²) >= 11 is 0. The van der Waals surface area contributed by atoms with Crippen LogP contribution in [0.1, 0.15) is 5.56 Å². The first kappa shape index (κ1) is 9.59. The minimum Gasteiger partial charge on any atom is -0.151 e. The molecule has 0 spiro atoms. The fourth-order valence-corrected chi connectivity index (χ4v) is 1.30. The number of aryl methyl sites for hydroxylation is 1. The summed E-state index contributed by atoms with van der Waals surface area (Å²) < 4.78 is 0. The van der Waals surface area contributed by atoms with Gasteiger partial charge in [-0.1, -0.05) is 30.3 Å². The number of hydrogen-bond acceptors (Lipinski definition) is 2. The van der Waals surface area contributed by atoms with Gasteiger partial charge < -0.3 is 0 Å². The van der Waals surface area contributed by atoms with E-state index in [0.717, 1.165) is 11.4 Å². The van der Waals surface area contributed by atoms with Gasteiger partial charge in [0, 0.05) is 0 Å². The van der Waals surface area contributed by atoms with Gasteiger partial charge in [-0.25, -0.2) is 0 Å². The van der Waals surface area contributed by atoms with Crippen LogP contribution >= 0.6 is 0 Å². The average molecular weight is 196 g/mol. The molecule has 0 saturated heterocycles. The molecule has 0 bridgehead atoms. The minimum atomic E-state index is 0.874. The highest BCUT2D eigenvalue weighted by molar-refractivity contribution is 5.41. The van der Waals surface area contributed by atoms with E-state index in [1.54, 1.807) is 0 Å². The van der Waals surface area contributed by atoms with E-state index in [0.29, 0.717) is 0 Å². The summed E-state index contributed by atoms with van der Waals surface area (Å²) in [6.45, 7) is 2.04. The van der Waals surface area contributed by atoms with Crippen LogP contribution < -0.4 is 0 Å². The first-order chi connectivity index (χ1) is 7.34. The van der Waals surface area contributed by atoms with E-state index in [4.69, 9.17) is 0 Å². The van der Waals surface area contributed by atoms with Gasteiger partial charge in [-0.15, -0.1) is 0 Å². The Morgan fingerprint density at radius 2 is 1.40 bits per heavy atom. The third-order valence-corrected chi connectivity index (χ3v) is 2.04. The van der Waals surface area contributed by atoms with Crippen molar-refractivity contribution in [2.45, 2.75) is 6.92 Å². The van der Waals surface area contributed by atoms with E-state index < -0.39 is 0 Å². The molecule has 0 N–H and O–H groups in total. The van der Waals surface area contributed by atoms with Crippen LogP contribution in [0.2, 0.25) is 0 Å². The normalized spacial score (nSPS) is 10.7. The number of azo groups is 1. The molecule has 0 atom stereocenters. The highest BCUT2D eigenvalue weighted by atomic mass is 15.1. The van der Waals surface area contributed by atoms with Crippen molar-refractivity contribution >= 4 is 11.4 Å². The Kier molecular flexibility index (Phi) is 2.88. The zero-order chi connectivity index (χ0) is 10.5. The van der Waals surface area contributed by atoms with Crippen molar-refractivity contribution < 1.29 is 0 Å². The van der Waals surface area contributed by atoms with Gasteiger partial charge in [0.25, 0.3) is 0 Å². The van der Waals surface area contributed by atoms with Crippen molar-refractivity contribution in [3.05, 3.63) is 60.2 Å². The predicted octanol–water partition coefficient (Wildman–Crippen LogP) is 4.41. The standard InChI is InChI=1S/C13H12N2/c1-11-6-5-9-13(10-11)15-14-12-7-3-2-4-8-12/h2-10H,1H3/b15-14+. The largest absolute Gasteiger partial charge is 0.151 e. The first-order valence-electron chi connectivity index (χ1n) is 4.88. The highest BCUT2D eigenvalue weighted by Crippen LogP contribution is 2.18. The molecule has 2 aromatic carbocycles. The van der Waals surface area contributed by atoms with Gasteiger partial charge in [0.05, 0.1) is 11.4 Å². The summed E-state index contributed by atoms with van der Waals surface area (Å²) in [5.41, 5.74) is 2.96. The Bertz CT molecular complexity index is 461. The molecule has 0 aliphatic rings. The Morgan fingerprint density at radius 3 is 2.13 bits per heavy atom. The smallest absolute Gasteiger partial charge is 0.0859 e. The van der Waals surface area contributed by atoms with Crippen molar-refractivity contribution in [1.29, 1.82) is 0 Å². The molecule has 15 heavy (non-hydrogen) atoms. The first-order valence-corrected chi connectivity index (χ1v) is 4.88. The van der Waals surface area contributed by atoms with Crippen LogP contribution in [-0.2, 0) is 0 Å². The summed E-state index contributed by atoms with van der Waals surface area (Å²) in [4.78, 5) is 0. The second kappa shape index (κ2) is 4.51. The molecule has 2 aromatic rings. The molecule has 74 valence electrons. The summed E-state index contributed by atoms with van der Waals surface area (Å²) in [6, 6.07) is 17.7. The molecule has 2 nitrogen and oxygen atoms in total. The number of hydrogen-bond donors (Lipinski definition) is 0. The molecule has 0 amide bonds. The Hall–Kier alpha value is -1.96. The molecule has 0 fully saturated rings. The Balaban J connectivity index is 2.19. The predicted molar refractivity (Wildman–Crippen MR) is 61.8 cm³/mol. The average Bonchev–Trinajstić information content (AvgIpc) is 2.28. The van der Waals surface area contributed by atoms with E-state index in [1.165, 1.54) is 5.56 Å². The lowest BCUT2D eigenvalue weighted by atomic mass is 10.2.